The second-order valence-electron chi connectivity index (χ2n) is 7.33. The molecular formula is C25H25N3O3. The zero-order valence-corrected chi connectivity index (χ0v) is 17.2. The Balaban J connectivity index is 1.44. The second kappa shape index (κ2) is 9.47. The van der Waals surface area contributed by atoms with Gasteiger partial charge in [0.05, 0.1) is 12.8 Å². The molecule has 0 aliphatic rings. The predicted molar refractivity (Wildman–Crippen MR) is 123 cm³/mol. The van der Waals surface area contributed by atoms with Gasteiger partial charge in [-0.15, -0.1) is 0 Å². The predicted octanol–water partition coefficient (Wildman–Crippen LogP) is 4.65. The lowest BCUT2D eigenvalue weighted by atomic mass is 10.1. The first kappa shape index (κ1) is 20.7. The Bertz CT molecular complexity index is 1150. The van der Waals surface area contributed by atoms with Gasteiger partial charge >= 0.3 is 0 Å². The average Bonchev–Trinajstić information content (AvgIpc) is 3.32. The first-order chi connectivity index (χ1) is 15.1. The zero-order chi connectivity index (χ0) is 21.6. The van der Waals surface area contributed by atoms with Crippen LogP contribution in [0.3, 0.4) is 0 Å². The van der Waals surface area contributed by atoms with E-state index in [0.29, 0.717) is 17.8 Å². The number of carbonyl (C=O) groups is 1. The van der Waals surface area contributed by atoms with Gasteiger partial charge in [0.25, 0.3) is 0 Å². The topological polar surface area (TPSA) is 86.5 Å². The van der Waals surface area contributed by atoms with Gasteiger partial charge in [-0.1, -0.05) is 54.6 Å². The second-order valence-corrected chi connectivity index (χ2v) is 7.33. The van der Waals surface area contributed by atoms with Crippen molar-refractivity contribution in [3.8, 4) is 0 Å². The number of fused-ring (bicyclic) bond motifs is 1. The van der Waals surface area contributed by atoms with Crippen LogP contribution in [0.4, 0.5) is 11.4 Å². The fraction of sp³-hybridized carbons (Fsp3) is 0.160. The Morgan fingerprint density at radius 3 is 2.52 bits per heavy atom. The van der Waals surface area contributed by atoms with E-state index in [1.807, 2.05) is 72.8 Å². The molecule has 0 radical (unpaired) electrons. The van der Waals surface area contributed by atoms with Gasteiger partial charge in [-0.2, -0.15) is 0 Å². The summed E-state index contributed by atoms with van der Waals surface area (Å²) in [5.74, 6) is 0.566. The number of carbonyl (C=O) groups excluding carboxylic acids is 1. The van der Waals surface area contributed by atoms with E-state index in [0.717, 1.165) is 22.2 Å². The van der Waals surface area contributed by atoms with Gasteiger partial charge in [0.1, 0.15) is 18.0 Å². The van der Waals surface area contributed by atoms with Crippen LogP contribution in [0.15, 0.2) is 89.5 Å². The Labute approximate surface area is 180 Å². The van der Waals surface area contributed by atoms with Crippen molar-refractivity contribution in [2.24, 2.45) is 0 Å². The number of benzene rings is 3. The van der Waals surface area contributed by atoms with Crippen LogP contribution in [0, 0.1) is 0 Å². The number of rotatable bonds is 8. The fourth-order valence-electron chi connectivity index (χ4n) is 3.46. The zero-order valence-electron chi connectivity index (χ0n) is 17.2. The molecule has 1 heterocycles. The van der Waals surface area contributed by atoms with E-state index >= 15 is 0 Å². The van der Waals surface area contributed by atoms with Gasteiger partial charge in [-0.25, -0.2) is 0 Å². The Hall–Kier alpha value is -3.61. The number of anilines is 2. The summed E-state index contributed by atoms with van der Waals surface area (Å²) in [5, 5.41) is 21.9. The number of hydrogen-bond donors (Lipinski definition) is 4. The smallest absolute Gasteiger partial charge is 0.246 e. The monoisotopic (exact) mass is 415 g/mol. The molecule has 6 nitrogen and oxygen atoms in total. The molecule has 0 saturated carbocycles. The summed E-state index contributed by atoms with van der Waals surface area (Å²) in [5.41, 5.74) is 2.10. The molecule has 4 N–H and O–H groups in total. The third kappa shape index (κ3) is 4.94. The van der Waals surface area contributed by atoms with Gasteiger partial charge in [0.15, 0.2) is 0 Å². The van der Waals surface area contributed by atoms with E-state index in [1.165, 1.54) is 0 Å². The minimum Gasteiger partial charge on any atom is -0.468 e. The number of amides is 1. The first-order valence-corrected chi connectivity index (χ1v) is 10.2. The SMILES string of the molecule is CC(Nc1ccccc1C(O)NCc1ccco1)C(=O)Nc1cccc2ccccc12. The van der Waals surface area contributed by atoms with Crippen molar-refractivity contribution < 1.29 is 14.3 Å². The van der Waals surface area contributed by atoms with Crippen LogP contribution < -0.4 is 16.0 Å². The van der Waals surface area contributed by atoms with Crippen LogP contribution in [0.25, 0.3) is 10.8 Å². The van der Waals surface area contributed by atoms with Crippen molar-refractivity contribution in [2.45, 2.75) is 25.7 Å². The van der Waals surface area contributed by atoms with E-state index in [2.05, 4.69) is 16.0 Å². The summed E-state index contributed by atoms with van der Waals surface area (Å²) in [6.07, 6.45) is 0.678. The van der Waals surface area contributed by atoms with Crippen LogP contribution in [0.2, 0.25) is 0 Å². The lowest BCUT2D eigenvalue weighted by Crippen LogP contribution is -2.33. The third-order valence-electron chi connectivity index (χ3n) is 5.12. The number of hydrogen-bond acceptors (Lipinski definition) is 5. The standard InChI is InChI=1S/C25H25N3O3/c1-17(24(29)28-22-14-6-9-18-8-2-3-11-20(18)22)27-23-13-5-4-12-21(23)25(30)26-16-19-10-7-15-31-19/h2-15,17,25-27,30H,16H2,1H3,(H,28,29). The highest BCUT2D eigenvalue weighted by Crippen LogP contribution is 2.25. The molecule has 2 atom stereocenters. The van der Waals surface area contributed by atoms with Crippen LogP contribution in [0.5, 0.6) is 0 Å². The molecule has 3 aromatic carbocycles. The van der Waals surface area contributed by atoms with E-state index in [4.69, 9.17) is 4.42 Å². The number of nitrogens with one attached hydrogen (secondary N) is 3. The molecule has 6 heteroatoms. The molecular weight excluding hydrogens is 390 g/mol. The number of para-hydroxylation sites is 1. The fourth-order valence-corrected chi connectivity index (χ4v) is 3.46. The van der Waals surface area contributed by atoms with Crippen molar-refractivity contribution in [3.63, 3.8) is 0 Å². The molecule has 0 bridgehead atoms. The van der Waals surface area contributed by atoms with Crippen molar-refractivity contribution in [2.75, 3.05) is 10.6 Å². The molecule has 4 aromatic rings. The van der Waals surface area contributed by atoms with Gasteiger partial charge < -0.3 is 20.2 Å². The number of aliphatic hydroxyl groups excluding tert-OH is 1. The van der Waals surface area contributed by atoms with Crippen molar-refractivity contribution in [1.82, 2.24) is 5.32 Å². The van der Waals surface area contributed by atoms with Crippen LogP contribution in [-0.2, 0) is 11.3 Å². The molecule has 4 rings (SSSR count). The Kier molecular flexibility index (Phi) is 6.31. The minimum atomic E-state index is -0.915. The highest BCUT2D eigenvalue weighted by Gasteiger charge is 2.18. The van der Waals surface area contributed by atoms with Crippen LogP contribution >= 0.6 is 0 Å². The van der Waals surface area contributed by atoms with Crippen molar-refractivity contribution in [1.29, 1.82) is 0 Å². The third-order valence-corrected chi connectivity index (χ3v) is 5.12. The summed E-state index contributed by atoms with van der Waals surface area (Å²) in [6.45, 7) is 2.18. The summed E-state index contributed by atoms with van der Waals surface area (Å²) in [7, 11) is 0. The quantitative estimate of drug-likeness (QED) is 0.315. The summed E-state index contributed by atoms with van der Waals surface area (Å²) in [4.78, 5) is 12.9. The molecule has 0 saturated heterocycles. The van der Waals surface area contributed by atoms with Gasteiger partial charge in [-0.3, -0.25) is 10.1 Å². The minimum absolute atomic E-state index is 0.163. The van der Waals surface area contributed by atoms with Crippen LogP contribution in [-0.4, -0.2) is 17.1 Å². The lowest BCUT2D eigenvalue weighted by molar-refractivity contribution is -0.116. The van der Waals surface area contributed by atoms with Crippen molar-refractivity contribution >= 4 is 28.1 Å². The maximum Gasteiger partial charge on any atom is 0.246 e. The molecule has 0 aliphatic heterocycles. The largest absolute Gasteiger partial charge is 0.468 e. The van der Waals surface area contributed by atoms with E-state index in [1.54, 1.807) is 19.3 Å². The molecule has 0 aliphatic carbocycles. The Morgan fingerprint density at radius 2 is 1.68 bits per heavy atom. The van der Waals surface area contributed by atoms with Gasteiger partial charge in [0, 0.05) is 22.3 Å². The first-order valence-electron chi connectivity index (χ1n) is 10.2. The average molecular weight is 415 g/mol. The summed E-state index contributed by atoms with van der Waals surface area (Å²) >= 11 is 0. The maximum atomic E-state index is 12.9. The number of aliphatic hydroxyl groups is 1. The highest BCUT2D eigenvalue weighted by atomic mass is 16.3. The lowest BCUT2D eigenvalue weighted by Gasteiger charge is -2.21. The molecule has 2 unspecified atom stereocenters. The number of furan rings is 1. The maximum absolute atomic E-state index is 12.9. The van der Waals surface area contributed by atoms with E-state index < -0.39 is 12.3 Å². The molecule has 158 valence electrons. The van der Waals surface area contributed by atoms with Crippen LogP contribution in [0.1, 0.15) is 24.5 Å². The Morgan fingerprint density at radius 1 is 0.935 bits per heavy atom. The normalized spacial score (nSPS) is 13.0. The molecule has 0 fully saturated rings. The summed E-state index contributed by atoms with van der Waals surface area (Å²) < 4.78 is 5.29. The highest BCUT2D eigenvalue weighted by molar-refractivity contribution is 6.04. The summed E-state index contributed by atoms with van der Waals surface area (Å²) in [6, 6.07) is 24.2. The molecule has 1 amide bonds. The van der Waals surface area contributed by atoms with Crippen molar-refractivity contribution in [3.05, 3.63) is 96.4 Å². The molecule has 1 aromatic heterocycles. The van der Waals surface area contributed by atoms with Gasteiger partial charge in [0.2, 0.25) is 5.91 Å². The molecule has 0 spiro atoms. The van der Waals surface area contributed by atoms with E-state index in [9.17, 15) is 9.90 Å². The molecule has 31 heavy (non-hydrogen) atoms. The van der Waals surface area contributed by atoms with E-state index in [-0.39, 0.29) is 5.91 Å². The van der Waals surface area contributed by atoms with Gasteiger partial charge in [-0.05, 0) is 36.6 Å².